The first-order valence-corrected chi connectivity index (χ1v) is 5.56. The summed E-state index contributed by atoms with van der Waals surface area (Å²) in [7, 11) is 0. The van der Waals surface area contributed by atoms with E-state index in [0.717, 1.165) is 26.2 Å². The van der Waals surface area contributed by atoms with E-state index in [1.807, 2.05) is 11.8 Å². The zero-order valence-corrected chi connectivity index (χ0v) is 9.57. The minimum absolute atomic E-state index is 0.0224. The second-order valence-corrected chi connectivity index (χ2v) is 3.97. The van der Waals surface area contributed by atoms with Gasteiger partial charge >= 0.3 is 6.03 Å². The van der Waals surface area contributed by atoms with Crippen molar-refractivity contribution >= 4 is 6.03 Å². The smallest absolute Gasteiger partial charge is 0.317 e. The molecule has 0 saturated carbocycles. The molecule has 15 heavy (non-hydrogen) atoms. The second-order valence-electron chi connectivity index (χ2n) is 3.97. The summed E-state index contributed by atoms with van der Waals surface area (Å²) in [5.41, 5.74) is 0. The molecule has 5 nitrogen and oxygen atoms in total. The van der Waals surface area contributed by atoms with Crippen LogP contribution >= 0.6 is 0 Å². The van der Waals surface area contributed by atoms with Gasteiger partial charge in [-0.15, -0.1) is 0 Å². The van der Waals surface area contributed by atoms with Gasteiger partial charge in [-0.3, -0.25) is 4.90 Å². The van der Waals surface area contributed by atoms with E-state index in [1.54, 1.807) is 6.92 Å². The molecule has 0 radical (unpaired) electrons. The van der Waals surface area contributed by atoms with Crippen LogP contribution in [0.25, 0.3) is 0 Å². The fraction of sp³-hybridized carbons (Fsp3) is 0.900. The molecule has 5 heteroatoms. The van der Waals surface area contributed by atoms with Crippen molar-refractivity contribution in [3.8, 4) is 0 Å². The van der Waals surface area contributed by atoms with Crippen LogP contribution < -0.4 is 5.32 Å². The quantitative estimate of drug-likeness (QED) is 0.680. The normalized spacial score (nSPS) is 20.1. The van der Waals surface area contributed by atoms with Crippen LogP contribution in [0.1, 0.15) is 13.8 Å². The number of aliphatic hydroxyl groups excluding tert-OH is 1. The number of nitrogens with one attached hydrogen (secondary N) is 1. The fourth-order valence-electron chi connectivity index (χ4n) is 1.77. The summed E-state index contributed by atoms with van der Waals surface area (Å²) in [6, 6.07) is 0.0224. The lowest BCUT2D eigenvalue weighted by molar-refractivity contribution is 0.0899. The summed E-state index contributed by atoms with van der Waals surface area (Å²) in [5, 5.41) is 12.0. The third-order valence-corrected chi connectivity index (χ3v) is 2.51. The number of aliphatic hydroxyl groups is 1. The maximum Gasteiger partial charge on any atom is 0.317 e. The highest BCUT2D eigenvalue weighted by Gasteiger charge is 2.20. The first kappa shape index (κ1) is 12.3. The molecule has 0 bridgehead atoms. The number of carbonyl (C=O) groups is 1. The Morgan fingerprint density at radius 3 is 2.47 bits per heavy atom. The number of hydrogen-bond donors (Lipinski definition) is 2. The van der Waals surface area contributed by atoms with E-state index in [1.165, 1.54) is 0 Å². The molecule has 0 aliphatic carbocycles. The molecule has 0 unspecified atom stereocenters. The Labute approximate surface area is 91.0 Å². The summed E-state index contributed by atoms with van der Waals surface area (Å²) in [4.78, 5) is 15.5. The third-order valence-electron chi connectivity index (χ3n) is 2.51. The van der Waals surface area contributed by atoms with Gasteiger partial charge in [0.05, 0.1) is 6.10 Å². The van der Waals surface area contributed by atoms with E-state index in [9.17, 15) is 9.90 Å². The van der Waals surface area contributed by atoms with E-state index in [4.69, 9.17) is 0 Å². The molecule has 0 spiro atoms. The highest BCUT2D eigenvalue weighted by molar-refractivity contribution is 5.74. The maximum absolute atomic E-state index is 11.5. The molecule has 1 heterocycles. The minimum atomic E-state index is -0.291. The Kier molecular flexibility index (Phi) is 4.84. The van der Waals surface area contributed by atoms with Crippen molar-refractivity contribution in [1.29, 1.82) is 0 Å². The van der Waals surface area contributed by atoms with Gasteiger partial charge in [0.1, 0.15) is 0 Å². The summed E-state index contributed by atoms with van der Waals surface area (Å²) in [6.45, 7) is 8.27. The summed E-state index contributed by atoms with van der Waals surface area (Å²) < 4.78 is 0. The van der Waals surface area contributed by atoms with E-state index < -0.39 is 0 Å². The molecule has 2 amide bonds. The fourth-order valence-corrected chi connectivity index (χ4v) is 1.77. The lowest BCUT2D eigenvalue weighted by Crippen LogP contribution is -2.52. The molecule has 0 aromatic carbocycles. The predicted molar refractivity (Wildman–Crippen MR) is 58.8 cm³/mol. The molecular weight excluding hydrogens is 194 g/mol. The molecule has 1 aliphatic rings. The van der Waals surface area contributed by atoms with Crippen molar-refractivity contribution in [2.24, 2.45) is 0 Å². The molecule has 1 atom stereocenters. The van der Waals surface area contributed by atoms with Gasteiger partial charge in [-0.1, -0.05) is 0 Å². The molecular formula is C10H21N3O2. The van der Waals surface area contributed by atoms with Crippen molar-refractivity contribution in [2.45, 2.75) is 20.0 Å². The van der Waals surface area contributed by atoms with Crippen molar-refractivity contribution in [3.05, 3.63) is 0 Å². The van der Waals surface area contributed by atoms with Gasteiger partial charge in [0.2, 0.25) is 0 Å². The Morgan fingerprint density at radius 1 is 1.40 bits per heavy atom. The molecule has 1 saturated heterocycles. The largest absolute Gasteiger partial charge is 0.392 e. The first-order chi connectivity index (χ1) is 7.13. The Morgan fingerprint density at radius 2 is 2.00 bits per heavy atom. The molecule has 2 N–H and O–H groups in total. The van der Waals surface area contributed by atoms with Gasteiger partial charge in [-0.25, -0.2) is 4.79 Å². The topological polar surface area (TPSA) is 55.8 Å². The third kappa shape index (κ3) is 4.05. The second kappa shape index (κ2) is 5.92. The average Bonchev–Trinajstić information content (AvgIpc) is 2.18. The van der Waals surface area contributed by atoms with Crippen molar-refractivity contribution in [3.63, 3.8) is 0 Å². The van der Waals surface area contributed by atoms with Crippen LogP contribution in [0.4, 0.5) is 4.79 Å². The molecule has 0 aromatic rings. The van der Waals surface area contributed by atoms with Crippen LogP contribution in [0, 0.1) is 0 Å². The van der Waals surface area contributed by atoms with E-state index >= 15 is 0 Å². The monoisotopic (exact) mass is 215 g/mol. The minimum Gasteiger partial charge on any atom is -0.392 e. The molecule has 1 fully saturated rings. The van der Waals surface area contributed by atoms with Gasteiger partial charge in [0.25, 0.3) is 0 Å². The maximum atomic E-state index is 11.5. The number of amides is 2. The van der Waals surface area contributed by atoms with Crippen LogP contribution in [-0.2, 0) is 0 Å². The number of carbonyl (C=O) groups excluding carboxylic acids is 1. The van der Waals surface area contributed by atoms with E-state index in [-0.39, 0.29) is 12.1 Å². The van der Waals surface area contributed by atoms with Crippen molar-refractivity contribution in [1.82, 2.24) is 15.1 Å². The summed E-state index contributed by atoms with van der Waals surface area (Å²) in [5.74, 6) is 0. The predicted octanol–water partition coefficient (Wildman–Crippen LogP) is -0.286. The Balaban J connectivity index is 2.26. The van der Waals surface area contributed by atoms with E-state index in [0.29, 0.717) is 13.1 Å². The van der Waals surface area contributed by atoms with Gasteiger partial charge in [0, 0.05) is 39.3 Å². The van der Waals surface area contributed by atoms with Crippen LogP contribution in [0.15, 0.2) is 0 Å². The van der Waals surface area contributed by atoms with Crippen LogP contribution in [0.5, 0.6) is 0 Å². The SMILES string of the molecule is CCNC(=O)N1CCN(C[C@@H](C)O)CC1. The van der Waals surface area contributed by atoms with Gasteiger partial charge in [-0.05, 0) is 13.8 Å². The standard InChI is InChI=1S/C10H21N3O2/c1-3-11-10(15)13-6-4-12(5-7-13)8-9(2)14/h9,14H,3-8H2,1-2H3,(H,11,15)/t9-/m1/s1. The highest BCUT2D eigenvalue weighted by Crippen LogP contribution is 2.02. The van der Waals surface area contributed by atoms with Crippen LogP contribution in [0.2, 0.25) is 0 Å². The molecule has 88 valence electrons. The zero-order valence-electron chi connectivity index (χ0n) is 9.57. The Hall–Kier alpha value is -0.810. The van der Waals surface area contributed by atoms with Gasteiger partial charge in [-0.2, -0.15) is 0 Å². The first-order valence-electron chi connectivity index (χ1n) is 5.56. The highest BCUT2D eigenvalue weighted by atomic mass is 16.3. The number of β-amino-alcohol motifs (C(OH)–C–C–N with tert-alkyl or cyclic N) is 1. The average molecular weight is 215 g/mol. The number of hydrogen-bond acceptors (Lipinski definition) is 3. The van der Waals surface area contributed by atoms with Crippen molar-refractivity contribution in [2.75, 3.05) is 39.3 Å². The Bertz CT molecular complexity index is 201. The lowest BCUT2D eigenvalue weighted by Gasteiger charge is -2.35. The van der Waals surface area contributed by atoms with Crippen LogP contribution in [0.3, 0.4) is 0 Å². The van der Waals surface area contributed by atoms with Gasteiger partial charge < -0.3 is 15.3 Å². The van der Waals surface area contributed by atoms with E-state index in [2.05, 4.69) is 10.2 Å². The number of rotatable bonds is 3. The number of nitrogens with zero attached hydrogens (tertiary/aromatic N) is 2. The van der Waals surface area contributed by atoms with Crippen molar-refractivity contribution < 1.29 is 9.90 Å². The lowest BCUT2D eigenvalue weighted by atomic mass is 10.3. The molecule has 1 aliphatic heterocycles. The number of piperazine rings is 1. The molecule has 1 rings (SSSR count). The van der Waals surface area contributed by atoms with Gasteiger partial charge in [0.15, 0.2) is 0 Å². The number of urea groups is 1. The summed E-state index contributed by atoms with van der Waals surface area (Å²) >= 11 is 0. The molecule has 0 aromatic heterocycles. The van der Waals surface area contributed by atoms with Crippen LogP contribution in [-0.4, -0.2) is 66.3 Å². The summed E-state index contributed by atoms with van der Waals surface area (Å²) in [6.07, 6.45) is -0.291. The zero-order chi connectivity index (χ0) is 11.3.